The number of unbranched alkanes of at least 4 members (excludes halogenated alkanes) is 1. The molecule has 0 fully saturated rings. The van der Waals surface area contributed by atoms with Gasteiger partial charge in [-0.2, -0.15) is 0 Å². The van der Waals surface area contributed by atoms with Crippen molar-refractivity contribution in [2.45, 2.75) is 38.9 Å². The van der Waals surface area contributed by atoms with Crippen LogP contribution in [0.15, 0.2) is 12.2 Å². The van der Waals surface area contributed by atoms with Gasteiger partial charge in [-0.25, -0.2) is 0 Å². The van der Waals surface area contributed by atoms with Crippen molar-refractivity contribution in [2.24, 2.45) is 0 Å². The molecule has 0 saturated carbocycles. The van der Waals surface area contributed by atoms with E-state index in [-0.39, 0.29) is 6.61 Å². The minimum absolute atomic E-state index is 0.111. The Labute approximate surface area is 82.7 Å². The summed E-state index contributed by atoms with van der Waals surface area (Å²) in [6.07, 6.45) is 6.13. The molecule has 0 atom stereocenters. The van der Waals surface area contributed by atoms with E-state index in [4.69, 9.17) is 9.53 Å². The lowest BCUT2D eigenvalue weighted by Gasteiger charge is -2.21. The van der Waals surface area contributed by atoms with Crippen LogP contribution in [0.25, 0.3) is 0 Å². The Kier molecular flexibility index (Phi) is 7.23. The summed E-state index contributed by atoms with van der Waals surface area (Å²) in [5.74, 6) is 0. The van der Waals surface area contributed by atoms with E-state index in [0.29, 0.717) is 6.61 Å². The Morgan fingerprint density at radius 2 is 2.00 bits per heavy atom. The van der Waals surface area contributed by atoms with Crippen LogP contribution in [0.3, 0.4) is 0 Å². The fourth-order valence-corrected chi connectivity index (χ4v) is 2.99. The standard InChI is InChI=1S/C10H22O2Si/c1-4-5-10-13(2,3)12-9-7-6-8-11/h6-7,11H,4-5,8-10H2,1-3H3. The molecular weight excluding hydrogens is 180 g/mol. The quantitative estimate of drug-likeness (QED) is 0.508. The van der Waals surface area contributed by atoms with Crippen molar-refractivity contribution >= 4 is 8.32 Å². The highest BCUT2D eigenvalue weighted by Crippen LogP contribution is 2.14. The number of hydrogen-bond donors (Lipinski definition) is 1. The van der Waals surface area contributed by atoms with Crippen LogP contribution in [0.1, 0.15) is 19.8 Å². The second kappa shape index (κ2) is 7.30. The van der Waals surface area contributed by atoms with E-state index >= 15 is 0 Å². The molecule has 0 heterocycles. The van der Waals surface area contributed by atoms with Crippen molar-refractivity contribution in [2.75, 3.05) is 13.2 Å². The molecule has 0 bridgehead atoms. The van der Waals surface area contributed by atoms with Crippen LogP contribution in [-0.2, 0) is 4.43 Å². The summed E-state index contributed by atoms with van der Waals surface area (Å²) in [7, 11) is -1.41. The third-order valence-corrected chi connectivity index (χ3v) is 4.48. The molecule has 3 heteroatoms. The average Bonchev–Trinajstić information content (AvgIpc) is 2.09. The van der Waals surface area contributed by atoms with Gasteiger partial charge in [-0.3, -0.25) is 0 Å². The molecule has 0 aromatic carbocycles. The predicted molar refractivity (Wildman–Crippen MR) is 59.4 cm³/mol. The third kappa shape index (κ3) is 8.21. The van der Waals surface area contributed by atoms with Crippen molar-refractivity contribution in [1.29, 1.82) is 0 Å². The van der Waals surface area contributed by atoms with Crippen LogP contribution < -0.4 is 0 Å². The van der Waals surface area contributed by atoms with Gasteiger partial charge < -0.3 is 9.53 Å². The molecule has 2 nitrogen and oxygen atoms in total. The van der Waals surface area contributed by atoms with Crippen molar-refractivity contribution in [1.82, 2.24) is 0 Å². The van der Waals surface area contributed by atoms with E-state index in [9.17, 15) is 0 Å². The van der Waals surface area contributed by atoms with Gasteiger partial charge in [-0.1, -0.05) is 31.9 Å². The molecule has 1 N–H and O–H groups in total. The summed E-state index contributed by atoms with van der Waals surface area (Å²) in [6.45, 7) is 7.46. The fraction of sp³-hybridized carbons (Fsp3) is 0.800. The maximum atomic E-state index is 8.51. The van der Waals surface area contributed by atoms with E-state index in [1.54, 1.807) is 6.08 Å². The van der Waals surface area contributed by atoms with Gasteiger partial charge in [-0.05, 0) is 19.1 Å². The number of aliphatic hydroxyl groups excluding tert-OH is 1. The van der Waals surface area contributed by atoms with E-state index in [1.165, 1.54) is 18.9 Å². The maximum absolute atomic E-state index is 8.51. The van der Waals surface area contributed by atoms with Crippen LogP contribution in [0.5, 0.6) is 0 Å². The fourth-order valence-electron chi connectivity index (χ4n) is 1.09. The van der Waals surface area contributed by atoms with Crippen LogP contribution in [0.2, 0.25) is 19.1 Å². The largest absolute Gasteiger partial charge is 0.414 e. The zero-order valence-corrected chi connectivity index (χ0v) is 10.0. The Hall–Kier alpha value is -0.123. The van der Waals surface area contributed by atoms with Crippen LogP contribution in [0.4, 0.5) is 0 Å². The molecule has 0 radical (unpaired) electrons. The minimum atomic E-state index is -1.41. The second-order valence-corrected chi connectivity index (χ2v) is 8.14. The Morgan fingerprint density at radius 3 is 2.54 bits per heavy atom. The Bertz CT molecular complexity index is 144. The summed E-state index contributed by atoms with van der Waals surface area (Å²) in [6, 6.07) is 1.23. The van der Waals surface area contributed by atoms with E-state index < -0.39 is 8.32 Å². The van der Waals surface area contributed by atoms with Crippen molar-refractivity contribution in [3.8, 4) is 0 Å². The molecule has 0 aliphatic carbocycles. The topological polar surface area (TPSA) is 29.5 Å². The summed E-state index contributed by atoms with van der Waals surface area (Å²) in [5, 5.41) is 8.51. The second-order valence-electron chi connectivity index (χ2n) is 3.83. The lowest BCUT2D eigenvalue weighted by Crippen LogP contribution is -2.30. The van der Waals surface area contributed by atoms with Gasteiger partial charge in [-0.15, -0.1) is 0 Å². The van der Waals surface area contributed by atoms with E-state index in [1.807, 2.05) is 6.08 Å². The average molecular weight is 202 g/mol. The first-order valence-electron chi connectivity index (χ1n) is 5.02. The zero-order chi connectivity index (χ0) is 10.2. The summed E-state index contributed by atoms with van der Waals surface area (Å²) in [4.78, 5) is 0. The predicted octanol–water partition coefficient (Wildman–Crippen LogP) is 2.56. The van der Waals surface area contributed by atoms with Gasteiger partial charge in [0.1, 0.15) is 0 Å². The normalized spacial score (nSPS) is 12.6. The monoisotopic (exact) mass is 202 g/mol. The highest BCUT2D eigenvalue weighted by Gasteiger charge is 2.20. The molecule has 0 amide bonds. The van der Waals surface area contributed by atoms with Crippen molar-refractivity contribution in [3.05, 3.63) is 12.2 Å². The first-order chi connectivity index (χ1) is 6.12. The van der Waals surface area contributed by atoms with E-state index in [0.717, 1.165) is 0 Å². The van der Waals surface area contributed by atoms with Crippen LogP contribution >= 0.6 is 0 Å². The summed E-state index contributed by atoms with van der Waals surface area (Å²) >= 11 is 0. The molecule has 0 rings (SSSR count). The molecule has 78 valence electrons. The van der Waals surface area contributed by atoms with Gasteiger partial charge in [0.25, 0.3) is 0 Å². The smallest absolute Gasteiger partial charge is 0.187 e. The Morgan fingerprint density at radius 1 is 1.31 bits per heavy atom. The van der Waals surface area contributed by atoms with Crippen LogP contribution in [-0.4, -0.2) is 26.6 Å². The minimum Gasteiger partial charge on any atom is -0.414 e. The molecule has 0 aliphatic heterocycles. The van der Waals surface area contributed by atoms with Crippen molar-refractivity contribution < 1.29 is 9.53 Å². The number of hydrogen-bond acceptors (Lipinski definition) is 2. The zero-order valence-electron chi connectivity index (χ0n) is 9.05. The lowest BCUT2D eigenvalue weighted by molar-refractivity contribution is 0.333. The highest BCUT2D eigenvalue weighted by molar-refractivity contribution is 6.71. The molecule has 0 aromatic heterocycles. The molecule has 13 heavy (non-hydrogen) atoms. The van der Waals surface area contributed by atoms with Crippen LogP contribution in [0, 0.1) is 0 Å². The van der Waals surface area contributed by atoms with E-state index in [2.05, 4.69) is 20.0 Å². The van der Waals surface area contributed by atoms with Crippen molar-refractivity contribution in [3.63, 3.8) is 0 Å². The molecule has 0 spiro atoms. The van der Waals surface area contributed by atoms with Gasteiger partial charge in [0.2, 0.25) is 0 Å². The van der Waals surface area contributed by atoms with Gasteiger partial charge in [0.05, 0.1) is 13.2 Å². The molecule has 0 saturated heterocycles. The number of rotatable bonds is 7. The summed E-state index contributed by atoms with van der Waals surface area (Å²) in [5.41, 5.74) is 0. The van der Waals surface area contributed by atoms with Gasteiger partial charge in [0, 0.05) is 0 Å². The molecule has 0 aliphatic rings. The first kappa shape index (κ1) is 12.9. The molecular formula is C10H22O2Si. The highest BCUT2D eigenvalue weighted by atomic mass is 28.4. The van der Waals surface area contributed by atoms with Gasteiger partial charge >= 0.3 is 0 Å². The third-order valence-electron chi connectivity index (χ3n) is 1.97. The van der Waals surface area contributed by atoms with Gasteiger partial charge in [0.15, 0.2) is 8.32 Å². The SMILES string of the molecule is CCCC[Si](C)(C)OCC=CCO. The molecule has 0 aromatic rings. The molecule has 0 unspecified atom stereocenters. The lowest BCUT2D eigenvalue weighted by atomic mass is 10.4. The maximum Gasteiger partial charge on any atom is 0.187 e. The Balaban J connectivity index is 3.55. The number of aliphatic hydroxyl groups is 1. The first-order valence-corrected chi connectivity index (χ1v) is 8.13. The summed E-state index contributed by atoms with van der Waals surface area (Å²) < 4.78 is 5.77.